The topological polar surface area (TPSA) is 90.1 Å². The molecule has 0 bridgehead atoms. The minimum atomic E-state index is -0.507. The molecule has 2 heterocycles. The van der Waals surface area contributed by atoms with Crippen LogP contribution in [0.3, 0.4) is 0 Å². The summed E-state index contributed by atoms with van der Waals surface area (Å²) >= 11 is 5.76. The smallest absolute Gasteiger partial charge is 0.174 e. The van der Waals surface area contributed by atoms with E-state index < -0.39 is 5.82 Å². The van der Waals surface area contributed by atoms with Crippen LogP contribution in [0.5, 0.6) is 0 Å². The van der Waals surface area contributed by atoms with Gasteiger partial charge < -0.3 is 15.5 Å². The molecule has 140 valence electrons. The molecule has 3 N–H and O–H groups in total. The third-order valence-electron chi connectivity index (χ3n) is 4.33. The van der Waals surface area contributed by atoms with Crippen LogP contribution in [0.4, 0.5) is 10.1 Å². The van der Waals surface area contributed by atoms with Crippen molar-refractivity contribution in [1.29, 1.82) is 5.41 Å². The van der Waals surface area contributed by atoms with E-state index in [1.54, 1.807) is 0 Å². The van der Waals surface area contributed by atoms with Crippen molar-refractivity contribution in [3.8, 4) is 0 Å². The van der Waals surface area contributed by atoms with E-state index in [4.69, 9.17) is 21.6 Å². The lowest BCUT2D eigenvalue weighted by molar-refractivity contribution is 0.289. The van der Waals surface area contributed by atoms with Gasteiger partial charge in [0.1, 0.15) is 11.5 Å². The molecule has 10 heteroatoms. The maximum absolute atomic E-state index is 13.2. The highest BCUT2D eigenvalue weighted by molar-refractivity contribution is 6.35. The lowest BCUT2D eigenvalue weighted by Crippen LogP contribution is -2.37. The van der Waals surface area contributed by atoms with Crippen molar-refractivity contribution in [2.75, 3.05) is 31.5 Å². The van der Waals surface area contributed by atoms with Gasteiger partial charge in [0, 0.05) is 34.8 Å². The Labute approximate surface area is 158 Å². The molecule has 1 aromatic carbocycles. The van der Waals surface area contributed by atoms with Crippen LogP contribution in [0.2, 0.25) is 17.1 Å². The first-order chi connectivity index (χ1) is 12.6. The van der Waals surface area contributed by atoms with Gasteiger partial charge in [-0.2, -0.15) is 0 Å². The number of halogens is 2. The van der Waals surface area contributed by atoms with E-state index in [1.165, 1.54) is 43.4 Å². The molecule has 1 aliphatic heterocycles. The van der Waals surface area contributed by atoms with E-state index >= 15 is 0 Å². The van der Waals surface area contributed by atoms with Crippen LogP contribution in [0.1, 0.15) is 11.4 Å². The normalized spacial score (nSPS) is 15.2. The van der Waals surface area contributed by atoms with Crippen LogP contribution in [0, 0.1) is 11.2 Å². The van der Waals surface area contributed by atoms with Crippen LogP contribution >= 0.6 is 11.6 Å². The summed E-state index contributed by atoms with van der Waals surface area (Å²) < 4.78 is 18.0. The van der Waals surface area contributed by atoms with Crippen molar-refractivity contribution in [2.24, 2.45) is 0 Å². The number of amidine groups is 1. The Hall–Kier alpha value is -1.81. The fourth-order valence-electron chi connectivity index (χ4n) is 2.92. The van der Waals surface area contributed by atoms with E-state index in [1.807, 2.05) is 0 Å². The number of nitrogens with one attached hydrogen (secondary N) is 3. The van der Waals surface area contributed by atoms with Crippen molar-refractivity contribution in [1.82, 2.24) is 20.5 Å². The second kappa shape index (κ2) is 9.22. The highest BCUT2D eigenvalue weighted by Crippen LogP contribution is 2.20. The van der Waals surface area contributed by atoms with Crippen molar-refractivity contribution in [3.63, 3.8) is 0 Å². The molecule has 0 radical (unpaired) electrons. The van der Waals surface area contributed by atoms with E-state index in [2.05, 4.69) is 25.8 Å². The van der Waals surface area contributed by atoms with Crippen LogP contribution in [0.25, 0.3) is 0 Å². The molecule has 3 rings (SSSR count). The maximum Gasteiger partial charge on any atom is 0.174 e. The van der Waals surface area contributed by atoms with Crippen molar-refractivity contribution in [2.45, 2.75) is 18.6 Å². The van der Waals surface area contributed by atoms with Gasteiger partial charge in [0.25, 0.3) is 0 Å². The molecule has 0 spiro atoms. The standard InChI is InChI=1S/C16H22ClFN6OSi/c17-12-9-11(1-2-13(12)18)21-16(19)15-14(22-25-23-15)10-20-3-4-24-5-7-26-8-6-24/h1-2,9,20H,3-8,10,26H2,(H2,19,21). The van der Waals surface area contributed by atoms with Crippen molar-refractivity contribution < 1.29 is 9.02 Å². The lowest BCUT2D eigenvalue weighted by Gasteiger charge is -2.26. The first-order valence-corrected chi connectivity index (χ1v) is 11.1. The molecule has 1 saturated heterocycles. The summed E-state index contributed by atoms with van der Waals surface area (Å²) in [5.74, 6) is -0.487. The Bertz CT molecular complexity index is 752. The zero-order valence-electron chi connectivity index (χ0n) is 14.4. The monoisotopic (exact) mass is 396 g/mol. The summed E-state index contributed by atoms with van der Waals surface area (Å²) in [6.45, 7) is 4.77. The molecular formula is C16H22ClFN6OSi. The van der Waals surface area contributed by atoms with Gasteiger partial charge in [0.2, 0.25) is 0 Å². The highest BCUT2D eigenvalue weighted by atomic mass is 35.5. The van der Waals surface area contributed by atoms with E-state index in [0.29, 0.717) is 23.6 Å². The molecule has 2 aromatic rings. The summed E-state index contributed by atoms with van der Waals surface area (Å²) in [7, 11) is 0.217. The van der Waals surface area contributed by atoms with Gasteiger partial charge in [0.15, 0.2) is 11.5 Å². The summed E-state index contributed by atoms with van der Waals surface area (Å²) in [6, 6.07) is 6.98. The minimum Gasteiger partial charge on any atom is -0.339 e. The Kier molecular flexibility index (Phi) is 6.72. The number of anilines is 1. The van der Waals surface area contributed by atoms with Gasteiger partial charge in [-0.15, -0.1) is 0 Å². The average Bonchev–Trinajstić information content (AvgIpc) is 3.11. The number of benzene rings is 1. The lowest BCUT2D eigenvalue weighted by atomic mass is 10.2. The number of aromatic nitrogens is 2. The molecule has 0 amide bonds. The molecule has 1 aromatic heterocycles. The Morgan fingerprint density at radius 2 is 2.15 bits per heavy atom. The number of nitrogens with zero attached hydrogens (tertiary/aromatic N) is 3. The predicted molar refractivity (Wildman–Crippen MR) is 102 cm³/mol. The SMILES string of the molecule is N=C(Nc1ccc(F)c(Cl)c1)c1nonc1CNCCN1CC[SiH2]CC1. The van der Waals surface area contributed by atoms with Crippen molar-refractivity contribution in [3.05, 3.63) is 40.4 Å². The van der Waals surface area contributed by atoms with E-state index in [0.717, 1.165) is 13.1 Å². The molecule has 1 aliphatic rings. The first kappa shape index (κ1) is 19.0. The molecule has 26 heavy (non-hydrogen) atoms. The molecule has 0 saturated carbocycles. The molecule has 0 aliphatic carbocycles. The van der Waals surface area contributed by atoms with Crippen LogP contribution in [-0.2, 0) is 6.54 Å². The summed E-state index contributed by atoms with van der Waals surface area (Å²) in [5.41, 5.74) is 1.38. The first-order valence-electron chi connectivity index (χ1n) is 8.69. The third kappa shape index (κ3) is 5.10. The van der Waals surface area contributed by atoms with Crippen LogP contribution in [-0.4, -0.2) is 56.7 Å². The molecule has 1 fully saturated rings. The second-order valence-corrected chi connectivity index (χ2v) is 8.80. The van der Waals surface area contributed by atoms with E-state index in [-0.39, 0.29) is 20.4 Å². The Morgan fingerprint density at radius 1 is 1.35 bits per heavy atom. The van der Waals surface area contributed by atoms with Crippen molar-refractivity contribution >= 4 is 32.6 Å². The van der Waals surface area contributed by atoms with Gasteiger partial charge >= 0.3 is 0 Å². The van der Waals surface area contributed by atoms with Gasteiger partial charge in [0.05, 0.1) is 5.02 Å². The Balaban J connectivity index is 1.50. The largest absolute Gasteiger partial charge is 0.339 e. The second-order valence-electron chi connectivity index (χ2n) is 6.27. The van der Waals surface area contributed by atoms with Gasteiger partial charge in [-0.3, -0.25) is 5.41 Å². The average molecular weight is 397 g/mol. The zero-order chi connectivity index (χ0) is 18.4. The fraction of sp³-hybridized carbons (Fsp3) is 0.438. The number of hydrogen-bond acceptors (Lipinski definition) is 6. The minimum absolute atomic E-state index is 0.0108. The van der Waals surface area contributed by atoms with E-state index in [9.17, 15) is 4.39 Å². The van der Waals surface area contributed by atoms with Gasteiger partial charge in [-0.25, -0.2) is 9.02 Å². The summed E-state index contributed by atoms with van der Waals surface area (Å²) in [5, 5.41) is 22.0. The third-order valence-corrected chi connectivity index (χ3v) is 6.25. The summed E-state index contributed by atoms with van der Waals surface area (Å²) in [4.78, 5) is 2.48. The highest BCUT2D eigenvalue weighted by Gasteiger charge is 2.16. The fourth-order valence-corrected chi connectivity index (χ4v) is 4.79. The molecular weight excluding hydrogens is 375 g/mol. The quantitative estimate of drug-likeness (QED) is 0.286. The zero-order valence-corrected chi connectivity index (χ0v) is 16.6. The molecule has 0 unspecified atom stereocenters. The Morgan fingerprint density at radius 3 is 2.92 bits per heavy atom. The maximum atomic E-state index is 13.2. The molecule has 0 atom stereocenters. The predicted octanol–water partition coefficient (Wildman–Crippen LogP) is 1.71. The van der Waals surface area contributed by atoms with Crippen LogP contribution < -0.4 is 10.6 Å². The summed E-state index contributed by atoms with van der Waals surface area (Å²) in [6.07, 6.45) is 0. The van der Waals surface area contributed by atoms with Gasteiger partial charge in [-0.05, 0) is 36.4 Å². The van der Waals surface area contributed by atoms with Gasteiger partial charge in [-0.1, -0.05) is 28.8 Å². The number of hydrogen-bond donors (Lipinski definition) is 3. The number of rotatable bonds is 7. The van der Waals surface area contributed by atoms with Crippen LogP contribution in [0.15, 0.2) is 22.8 Å². The molecule has 7 nitrogen and oxygen atoms in total.